The third-order valence-corrected chi connectivity index (χ3v) is 3.11. The molecular formula is C15H12INO. The van der Waals surface area contributed by atoms with Crippen LogP contribution in [0.1, 0.15) is 10.4 Å². The van der Waals surface area contributed by atoms with Crippen molar-refractivity contribution in [1.29, 1.82) is 0 Å². The summed E-state index contributed by atoms with van der Waals surface area (Å²) in [6.45, 7) is 0. The van der Waals surface area contributed by atoms with Crippen LogP contribution in [-0.2, 0) is 0 Å². The highest BCUT2D eigenvalue weighted by Gasteiger charge is 1.98. The summed E-state index contributed by atoms with van der Waals surface area (Å²) in [5.74, 6) is -0.00592. The first-order valence-corrected chi connectivity index (χ1v) is 6.61. The van der Waals surface area contributed by atoms with E-state index < -0.39 is 0 Å². The fourth-order valence-electron chi connectivity index (χ4n) is 1.46. The molecule has 2 aromatic rings. The van der Waals surface area contributed by atoms with Crippen LogP contribution in [0.25, 0.3) is 0 Å². The Labute approximate surface area is 120 Å². The van der Waals surface area contributed by atoms with Gasteiger partial charge in [-0.05, 0) is 46.9 Å². The summed E-state index contributed by atoms with van der Waals surface area (Å²) in [6.07, 6.45) is 3.20. The Kier molecular flexibility index (Phi) is 4.52. The molecule has 1 N–H and O–H groups in total. The third-order valence-electron chi connectivity index (χ3n) is 2.39. The van der Waals surface area contributed by atoms with Crippen molar-refractivity contribution in [1.82, 2.24) is 0 Å². The maximum atomic E-state index is 11.8. The van der Waals surface area contributed by atoms with Gasteiger partial charge in [0, 0.05) is 27.1 Å². The highest BCUT2D eigenvalue weighted by molar-refractivity contribution is 14.1. The zero-order chi connectivity index (χ0) is 12.8. The monoisotopic (exact) mass is 349 g/mol. The molecule has 2 aromatic carbocycles. The lowest BCUT2D eigenvalue weighted by atomic mass is 10.1. The van der Waals surface area contributed by atoms with E-state index in [0.29, 0.717) is 5.56 Å². The maximum Gasteiger partial charge on any atom is 0.187 e. The molecule has 0 fully saturated rings. The van der Waals surface area contributed by atoms with E-state index in [1.165, 1.54) is 9.65 Å². The van der Waals surface area contributed by atoms with Crippen molar-refractivity contribution in [2.24, 2.45) is 0 Å². The van der Waals surface area contributed by atoms with Gasteiger partial charge in [-0.3, -0.25) is 4.79 Å². The summed E-state index contributed by atoms with van der Waals surface area (Å²) in [6, 6.07) is 17.2. The number of benzene rings is 2. The molecule has 0 spiro atoms. The zero-order valence-electron chi connectivity index (χ0n) is 9.64. The molecule has 0 radical (unpaired) electrons. The molecule has 0 amide bonds. The van der Waals surface area contributed by atoms with Crippen molar-refractivity contribution < 1.29 is 4.79 Å². The number of halogens is 1. The van der Waals surface area contributed by atoms with E-state index in [-0.39, 0.29) is 5.78 Å². The molecule has 0 heterocycles. The fraction of sp³-hybridized carbons (Fsp3) is 0. The van der Waals surface area contributed by atoms with Crippen LogP contribution in [0.4, 0.5) is 5.69 Å². The third kappa shape index (κ3) is 3.70. The molecule has 0 saturated heterocycles. The molecule has 2 nitrogen and oxygen atoms in total. The molecule has 0 unspecified atom stereocenters. The van der Waals surface area contributed by atoms with E-state index in [1.807, 2.05) is 42.5 Å². The summed E-state index contributed by atoms with van der Waals surface area (Å²) in [4.78, 5) is 11.8. The van der Waals surface area contributed by atoms with E-state index in [0.717, 1.165) is 5.69 Å². The van der Waals surface area contributed by atoms with Crippen LogP contribution in [0, 0.1) is 3.57 Å². The number of ketones is 1. The SMILES string of the molecule is O=C(/C=C\Nc1ccc(I)cc1)c1ccccc1. The lowest BCUT2D eigenvalue weighted by Crippen LogP contribution is -1.95. The highest BCUT2D eigenvalue weighted by Crippen LogP contribution is 2.11. The topological polar surface area (TPSA) is 29.1 Å². The Morgan fingerprint density at radius 3 is 2.33 bits per heavy atom. The van der Waals surface area contributed by atoms with Gasteiger partial charge in [0.1, 0.15) is 0 Å². The number of allylic oxidation sites excluding steroid dienone is 1. The van der Waals surface area contributed by atoms with Crippen LogP contribution in [-0.4, -0.2) is 5.78 Å². The molecule has 18 heavy (non-hydrogen) atoms. The summed E-state index contributed by atoms with van der Waals surface area (Å²) in [5, 5.41) is 3.07. The minimum Gasteiger partial charge on any atom is -0.362 e. The standard InChI is InChI=1S/C15H12INO/c16-13-6-8-14(9-7-13)17-11-10-15(18)12-4-2-1-3-5-12/h1-11,17H/b11-10-. The van der Waals surface area contributed by atoms with Gasteiger partial charge >= 0.3 is 0 Å². The van der Waals surface area contributed by atoms with Crippen LogP contribution < -0.4 is 5.32 Å². The Morgan fingerprint density at radius 2 is 1.67 bits per heavy atom. The Hall–Kier alpha value is -1.62. The van der Waals surface area contributed by atoms with Crippen LogP contribution in [0.5, 0.6) is 0 Å². The van der Waals surface area contributed by atoms with Crippen LogP contribution in [0.3, 0.4) is 0 Å². The molecule has 2 rings (SSSR count). The van der Waals surface area contributed by atoms with Crippen molar-refractivity contribution in [3.63, 3.8) is 0 Å². The lowest BCUT2D eigenvalue weighted by Gasteiger charge is -2.00. The molecule has 0 atom stereocenters. The number of carbonyl (C=O) groups is 1. The largest absolute Gasteiger partial charge is 0.362 e. The van der Waals surface area contributed by atoms with Crippen LogP contribution in [0.15, 0.2) is 66.9 Å². The maximum absolute atomic E-state index is 11.8. The number of anilines is 1. The van der Waals surface area contributed by atoms with Gasteiger partial charge in [-0.1, -0.05) is 30.3 Å². The van der Waals surface area contributed by atoms with Gasteiger partial charge < -0.3 is 5.32 Å². The summed E-state index contributed by atoms with van der Waals surface area (Å²) >= 11 is 2.25. The van der Waals surface area contributed by atoms with Gasteiger partial charge in [0.05, 0.1) is 0 Å². The molecule has 0 aromatic heterocycles. The second-order valence-corrected chi connectivity index (χ2v) is 4.96. The van der Waals surface area contributed by atoms with Crippen molar-refractivity contribution >= 4 is 34.1 Å². The van der Waals surface area contributed by atoms with E-state index in [2.05, 4.69) is 27.9 Å². The van der Waals surface area contributed by atoms with E-state index >= 15 is 0 Å². The normalized spacial score (nSPS) is 10.5. The smallest absolute Gasteiger partial charge is 0.187 e. The van der Waals surface area contributed by atoms with Gasteiger partial charge in [-0.15, -0.1) is 0 Å². The average molecular weight is 349 g/mol. The molecule has 3 heteroatoms. The van der Waals surface area contributed by atoms with Crippen LogP contribution in [0.2, 0.25) is 0 Å². The minimum absolute atomic E-state index is 0.00592. The first-order chi connectivity index (χ1) is 8.75. The van der Waals surface area contributed by atoms with E-state index in [4.69, 9.17) is 0 Å². The molecule has 0 aliphatic heterocycles. The number of carbonyl (C=O) groups excluding carboxylic acids is 1. The minimum atomic E-state index is -0.00592. The predicted molar refractivity (Wildman–Crippen MR) is 82.7 cm³/mol. The summed E-state index contributed by atoms with van der Waals surface area (Å²) in [7, 11) is 0. The van der Waals surface area contributed by atoms with Gasteiger partial charge in [0.15, 0.2) is 5.78 Å². The fourth-order valence-corrected chi connectivity index (χ4v) is 1.82. The van der Waals surface area contributed by atoms with Gasteiger partial charge in [-0.2, -0.15) is 0 Å². The zero-order valence-corrected chi connectivity index (χ0v) is 11.8. The lowest BCUT2D eigenvalue weighted by molar-refractivity contribution is 0.104. The number of hydrogen-bond donors (Lipinski definition) is 1. The van der Waals surface area contributed by atoms with Gasteiger partial charge in [0.25, 0.3) is 0 Å². The Bertz CT molecular complexity index is 546. The summed E-state index contributed by atoms with van der Waals surface area (Å²) in [5.41, 5.74) is 1.66. The quantitative estimate of drug-likeness (QED) is 0.512. The number of rotatable bonds is 4. The van der Waals surface area contributed by atoms with Gasteiger partial charge in [0.2, 0.25) is 0 Å². The number of hydrogen-bond acceptors (Lipinski definition) is 2. The first kappa shape index (κ1) is 12.8. The van der Waals surface area contributed by atoms with Crippen molar-refractivity contribution in [2.45, 2.75) is 0 Å². The van der Waals surface area contributed by atoms with Crippen molar-refractivity contribution in [2.75, 3.05) is 5.32 Å². The second-order valence-electron chi connectivity index (χ2n) is 3.71. The average Bonchev–Trinajstić information content (AvgIpc) is 2.42. The molecule has 0 saturated carbocycles. The molecular weight excluding hydrogens is 337 g/mol. The molecule has 0 aliphatic rings. The van der Waals surface area contributed by atoms with E-state index in [9.17, 15) is 4.79 Å². The molecule has 0 aliphatic carbocycles. The number of nitrogens with one attached hydrogen (secondary N) is 1. The van der Waals surface area contributed by atoms with Crippen molar-refractivity contribution in [3.05, 3.63) is 76.0 Å². The molecule has 90 valence electrons. The summed E-state index contributed by atoms with van der Waals surface area (Å²) < 4.78 is 1.18. The van der Waals surface area contributed by atoms with Gasteiger partial charge in [-0.25, -0.2) is 0 Å². The molecule has 0 bridgehead atoms. The van der Waals surface area contributed by atoms with E-state index in [1.54, 1.807) is 18.3 Å². The first-order valence-electron chi connectivity index (χ1n) is 5.54. The van der Waals surface area contributed by atoms with Crippen LogP contribution >= 0.6 is 22.6 Å². The van der Waals surface area contributed by atoms with Crippen molar-refractivity contribution in [3.8, 4) is 0 Å². The predicted octanol–water partition coefficient (Wildman–Crippen LogP) is 4.10. The Balaban J connectivity index is 1.96. The highest BCUT2D eigenvalue weighted by atomic mass is 127. The Morgan fingerprint density at radius 1 is 1.00 bits per heavy atom. The second kappa shape index (κ2) is 6.35.